The fraction of sp³-hybridized carbons (Fsp3) is 0.308. The highest BCUT2D eigenvalue weighted by Gasteiger charge is 2.07. The lowest BCUT2D eigenvalue weighted by Gasteiger charge is -2.10. The van der Waals surface area contributed by atoms with Gasteiger partial charge in [-0.25, -0.2) is 4.79 Å². The molecule has 0 amide bonds. The fourth-order valence-corrected chi connectivity index (χ4v) is 1.68. The van der Waals surface area contributed by atoms with Crippen molar-refractivity contribution in [2.24, 2.45) is 0 Å². The predicted octanol–water partition coefficient (Wildman–Crippen LogP) is 2.42. The Morgan fingerprint density at radius 3 is 2.62 bits per heavy atom. The fourth-order valence-electron chi connectivity index (χ4n) is 1.68. The van der Waals surface area contributed by atoms with Gasteiger partial charge in [0, 0.05) is 13.2 Å². The number of carbonyl (C=O) groups is 1. The number of carboxylic acids is 1. The van der Waals surface area contributed by atoms with Gasteiger partial charge in [0.15, 0.2) is 0 Å². The van der Waals surface area contributed by atoms with Crippen LogP contribution >= 0.6 is 0 Å². The first-order valence-electron chi connectivity index (χ1n) is 5.04. The van der Waals surface area contributed by atoms with Gasteiger partial charge in [-0.2, -0.15) is 0 Å². The van der Waals surface area contributed by atoms with Gasteiger partial charge in [0.05, 0.1) is 6.61 Å². The SMILES string of the molecule is COC/C(=C\C(=O)O)c1ccc(C)cc1C. The summed E-state index contributed by atoms with van der Waals surface area (Å²) < 4.78 is 5.01. The van der Waals surface area contributed by atoms with Crippen LogP contribution in [0, 0.1) is 13.8 Å². The highest BCUT2D eigenvalue weighted by atomic mass is 16.5. The maximum atomic E-state index is 10.7. The molecule has 0 heterocycles. The lowest BCUT2D eigenvalue weighted by atomic mass is 9.99. The van der Waals surface area contributed by atoms with Crippen molar-refractivity contribution in [1.82, 2.24) is 0 Å². The third kappa shape index (κ3) is 3.21. The molecule has 1 rings (SSSR count). The van der Waals surface area contributed by atoms with Crippen molar-refractivity contribution in [1.29, 1.82) is 0 Å². The third-order valence-electron chi connectivity index (χ3n) is 2.33. The van der Waals surface area contributed by atoms with E-state index in [4.69, 9.17) is 9.84 Å². The summed E-state index contributed by atoms with van der Waals surface area (Å²) in [5, 5.41) is 8.79. The molecule has 0 saturated carbocycles. The number of carboxylic acid groups (broad SMARTS) is 1. The Bertz CT molecular complexity index is 419. The Hall–Kier alpha value is -1.61. The van der Waals surface area contributed by atoms with E-state index in [1.807, 2.05) is 32.0 Å². The summed E-state index contributed by atoms with van der Waals surface area (Å²) in [5.41, 5.74) is 3.83. The molecule has 3 nitrogen and oxygen atoms in total. The summed E-state index contributed by atoms with van der Waals surface area (Å²) in [5.74, 6) is -0.952. The zero-order valence-corrected chi connectivity index (χ0v) is 9.78. The summed E-state index contributed by atoms with van der Waals surface area (Å²) in [6, 6.07) is 5.92. The molecular weight excluding hydrogens is 204 g/mol. The van der Waals surface area contributed by atoms with E-state index >= 15 is 0 Å². The van der Waals surface area contributed by atoms with Gasteiger partial charge < -0.3 is 9.84 Å². The third-order valence-corrected chi connectivity index (χ3v) is 2.33. The van der Waals surface area contributed by atoms with Crippen molar-refractivity contribution in [3.05, 3.63) is 41.0 Å². The van der Waals surface area contributed by atoms with Crippen LogP contribution in [0.2, 0.25) is 0 Å². The number of aryl methyl sites for hydroxylation is 2. The minimum absolute atomic E-state index is 0.302. The van der Waals surface area contributed by atoms with E-state index in [2.05, 4.69) is 0 Å². The van der Waals surface area contributed by atoms with Gasteiger partial charge in [0.2, 0.25) is 0 Å². The zero-order valence-electron chi connectivity index (χ0n) is 9.78. The molecule has 1 aromatic carbocycles. The Kier molecular flexibility index (Phi) is 4.26. The lowest BCUT2D eigenvalue weighted by Crippen LogP contribution is -2.00. The van der Waals surface area contributed by atoms with Crippen LogP contribution in [-0.2, 0) is 9.53 Å². The quantitative estimate of drug-likeness (QED) is 0.793. The molecule has 0 aliphatic heterocycles. The molecule has 0 fully saturated rings. The Morgan fingerprint density at radius 2 is 2.12 bits per heavy atom. The molecule has 86 valence electrons. The molecule has 0 radical (unpaired) electrons. The second-order valence-electron chi connectivity index (χ2n) is 3.76. The molecule has 0 bridgehead atoms. The largest absolute Gasteiger partial charge is 0.478 e. The predicted molar refractivity (Wildman–Crippen MR) is 63.4 cm³/mol. The van der Waals surface area contributed by atoms with Gasteiger partial charge in [0.1, 0.15) is 0 Å². The van der Waals surface area contributed by atoms with E-state index in [0.29, 0.717) is 12.2 Å². The molecule has 0 aliphatic rings. The average molecular weight is 220 g/mol. The van der Waals surface area contributed by atoms with Crippen LogP contribution in [0.4, 0.5) is 0 Å². The first kappa shape index (κ1) is 12.5. The summed E-state index contributed by atoms with van der Waals surface area (Å²) in [4.78, 5) is 10.7. The van der Waals surface area contributed by atoms with Crippen LogP contribution in [0.5, 0.6) is 0 Å². The van der Waals surface area contributed by atoms with E-state index < -0.39 is 5.97 Å². The van der Waals surface area contributed by atoms with Gasteiger partial charge in [-0.3, -0.25) is 0 Å². The Labute approximate surface area is 95.4 Å². The van der Waals surface area contributed by atoms with Crippen molar-refractivity contribution in [3.63, 3.8) is 0 Å². The number of hydrogen-bond donors (Lipinski definition) is 1. The Morgan fingerprint density at radius 1 is 1.44 bits per heavy atom. The van der Waals surface area contributed by atoms with E-state index in [0.717, 1.165) is 16.7 Å². The highest BCUT2D eigenvalue weighted by molar-refractivity contribution is 5.90. The van der Waals surface area contributed by atoms with Crippen LogP contribution in [0.15, 0.2) is 24.3 Å². The summed E-state index contributed by atoms with van der Waals surface area (Å²) in [7, 11) is 1.55. The minimum Gasteiger partial charge on any atom is -0.478 e. The van der Waals surface area contributed by atoms with Crippen LogP contribution < -0.4 is 0 Å². The molecular formula is C13H16O3. The van der Waals surface area contributed by atoms with Gasteiger partial charge >= 0.3 is 5.97 Å². The van der Waals surface area contributed by atoms with E-state index in [9.17, 15) is 4.79 Å². The normalized spacial score (nSPS) is 11.6. The monoisotopic (exact) mass is 220 g/mol. The first-order chi connectivity index (χ1) is 7.54. The van der Waals surface area contributed by atoms with Gasteiger partial charge in [-0.15, -0.1) is 0 Å². The first-order valence-corrected chi connectivity index (χ1v) is 5.04. The molecule has 0 atom stereocenters. The van der Waals surface area contributed by atoms with Crippen LogP contribution in [0.25, 0.3) is 5.57 Å². The molecule has 0 unspecified atom stereocenters. The zero-order chi connectivity index (χ0) is 12.1. The van der Waals surface area contributed by atoms with Crippen LogP contribution in [-0.4, -0.2) is 24.8 Å². The van der Waals surface area contributed by atoms with Gasteiger partial charge in [-0.1, -0.05) is 23.8 Å². The van der Waals surface area contributed by atoms with Gasteiger partial charge in [0.25, 0.3) is 0 Å². The topological polar surface area (TPSA) is 46.5 Å². The molecule has 0 aromatic heterocycles. The highest BCUT2D eigenvalue weighted by Crippen LogP contribution is 2.20. The Balaban J connectivity index is 3.16. The number of hydrogen-bond acceptors (Lipinski definition) is 2. The summed E-state index contributed by atoms with van der Waals surface area (Å²) >= 11 is 0. The summed E-state index contributed by atoms with van der Waals surface area (Å²) in [6.45, 7) is 4.28. The van der Waals surface area contributed by atoms with Crippen LogP contribution in [0.1, 0.15) is 16.7 Å². The number of rotatable bonds is 4. The number of benzene rings is 1. The summed E-state index contributed by atoms with van der Waals surface area (Å²) in [6.07, 6.45) is 1.20. The standard InChI is InChI=1S/C13H16O3/c1-9-4-5-12(10(2)6-9)11(8-16-3)7-13(14)15/h4-7H,8H2,1-3H3,(H,14,15)/b11-7+. The second kappa shape index (κ2) is 5.47. The van der Waals surface area contributed by atoms with Crippen molar-refractivity contribution in [2.45, 2.75) is 13.8 Å². The molecule has 3 heteroatoms. The molecule has 1 N–H and O–H groups in total. The molecule has 0 saturated heterocycles. The molecule has 0 aliphatic carbocycles. The molecule has 16 heavy (non-hydrogen) atoms. The van der Waals surface area contributed by atoms with Gasteiger partial charge in [-0.05, 0) is 30.5 Å². The van der Waals surface area contributed by atoms with E-state index in [1.165, 1.54) is 6.08 Å². The van der Waals surface area contributed by atoms with Crippen LogP contribution in [0.3, 0.4) is 0 Å². The smallest absolute Gasteiger partial charge is 0.328 e. The number of aliphatic carboxylic acids is 1. The van der Waals surface area contributed by atoms with Crippen molar-refractivity contribution < 1.29 is 14.6 Å². The lowest BCUT2D eigenvalue weighted by molar-refractivity contribution is -0.131. The van der Waals surface area contributed by atoms with E-state index in [1.54, 1.807) is 7.11 Å². The maximum absolute atomic E-state index is 10.7. The van der Waals surface area contributed by atoms with Crippen molar-refractivity contribution >= 4 is 11.5 Å². The number of methoxy groups -OCH3 is 1. The molecule has 0 spiro atoms. The minimum atomic E-state index is -0.952. The number of ether oxygens (including phenoxy) is 1. The second-order valence-corrected chi connectivity index (χ2v) is 3.76. The van der Waals surface area contributed by atoms with Crippen molar-refractivity contribution in [3.8, 4) is 0 Å². The molecule has 1 aromatic rings. The van der Waals surface area contributed by atoms with Crippen molar-refractivity contribution in [2.75, 3.05) is 13.7 Å². The van der Waals surface area contributed by atoms with E-state index in [-0.39, 0.29) is 0 Å². The maximum Gasteiger partial charge on any atom is 0.328 e. The average Bonchev–Trinajstić information content (AvgIpc) is 2.16.